The van der Waals surface area contributed by atoms with E-state index in [-0.39, 0.29) is 6.17 Å². The molecular formula is C3H8N4. The highest BCUT2D eigenvalue weighted by atomic mass is 15.2. The number of rotatable bonds is 0. The van der Waals surface area contributed by atoms with Gasteiger partial charge in [-0.05, 0) is 0 Å². The maximum atomic E-state index is 5.30. The molecule has 5 N–H and O–H groups in total. The molecule has 1 rings (SSSR count). The molecule has 1 atom stereocenters. The SMILES string of the molecule is NC1=NC(N)CN1. The van der Waals surface area contributed by atoms with Gasteiger partial charge in [-0.2, -0.15) is 0 Å². The Labute approximate surface area is 41.6 Å². The van der Waals surface area contributed by atoms with E-state index < -0.39 is 0 Å². The largest absolute Gasteiger partial charge is 0.370 e. The molecule has 7 heavy (non-hydrogen) atoms. The van der Waals surface area contributed by atoms with Crippen molar-refractivity contribution in [2.45, 2.75) is 6.17 Å². The van der Waals surface area contributed by atoms with Crippen LogP contribution in [0.2, 0.25) is 0 Å². The molecule has 0 fully saturated rings. The highest BCUT2D eigenvalue weighted by molar-refractivity contribution is 5.79. The van der Waals surface area contributed by atoms with Crippen molar-refractivity contribution in [3.63, 3.8) is 0 Å². The molecule has 1 heterocycles. The lowest BCUT2D eigenvalue weighted by molar-refractivity contribution is 0.732. The van der Waals surface area contributed by atoms with E-state index in [0.29, 0.717) is 12.5 Å². The van der Waals surface area contributed by atoms with E-state index in [9.17, 15) is 0 Å². The molecule has 0 aromatic rings. The fourth-order valence-corrected chi connectivity index (χ4v) is 0.479. The van der Waals surface area contributed by atoms with Crippen molar-refractivity contribution in [2.24, 2.45) is 16.5 Å². The zero-order valence-electron chi connectivity index (χ0n) is 3.89. The first-order chi connectivity index (χ1) is 3.29. The fraction of sp³-hybridized carbons (Fsp3) is 0.667. The summed E-state index contributed by atoms with van der Waals surface area (Å²) in [5.74, 6) is 0.451. The van der Waals surface area contributed by atoms with Crippen LogP contribution in [0.5, 0.6) is 0 Å². The summed E-state index contributed by atoms with van der Waals surface area (Å²) in [5.41, 5.74) is 10.5. The van der Waals surface area contributed by atoms with Crippen LogP contribution in [0.15, 0.2) is 4.99 Å². The van der Waals surface area contributed by atoms with Crippen LogP contribution in [0, 0.1) is 0 Å². The summed E-state index contributed by atoms with van der Waals surface area (Å²) in [4.78, 5) is 3.75. The molecule has 4 nitrogen and oxygen atoms in total. The van der Waals surface area contributed by atoms with E-state index in [4.69, 9.17) is 11.5 Å². The predicted octanol–water partition coefficient (Wildman–Crippen LogP) is -1.81. The van der Waals surface area contributed by atoms with Gasteiger partial charge in [-0.3, -0.25) is 0 Å². The monoisotopic (exact) mass is 100 g/mol. The Balaban J connectivity index is 2.50. The van der Waals surface area contributed by atoms with E-state index in [1.807, 2.05) is 0 Å². The first-order valence-electron chi connectivity index (χ1n) is 2.12. The lowest BCUT2D eigenvalue weighted by atomic mass is 10.6. The van der Waals surface area contributed by atoms with E-state index in [0.717, 1.165) is 0 Å². The molecule has 1 aliphatic heterocycles. The molecule has 1 unspecified atom stereocenters. The maximum absolute atomic E-state index is 5.30. The third kappa shape index (κ3) is 0.806. The average molecular weight is 100 g/mol. The van der Waals surface area contributed by atoms with Gasteiger partial charge in [0.05, 0.1) is 6.54 Å². The lowest BCUT2D eigenvalue weighted by Gasteiger charge is -1.90. The topological polar surface area (TPSA) is 76.4 Å². The second-order valence-corrected chi connectivity index (χ2v) is 1.46. The third-order valence-corrected chi connectivity index (χ3v) is 0.797. The molecule has 4 heteroatoms. The fourth-order valence-electron chi connectivity index (χ4n) is 0.479. The van der Waals surface area contributed by atoms with Crippen molar-refractivity contribution >= 4 is 5.96 Å². The second-order valence-electron chi connectivity index (χ2n) is 1.46. The van der Waals surface area contributed by atoms with Gasteiger partial charge in [-0.25, -0.2) is 4.99 Å². The molecule has 0 saturated heterocycles. The van der Waals surface area contributed by atoms with Crippen LogP contribution < -0.4 is 16.8 Å². The number of nitrogens with zero attached hydrogens (tertiary/aromatic N) is 1. The van der Waals surface area contributed by atoms with E-state index >= 15 is 0 Å². The summed E-state index contributed by atoms with van der Waals surface area (Å²) >= 11 is 0. The number of aliphatic imine (C=N–C) groups is 1. The van der Waals surface area contributed by atoms with Crippen molar-refractivity contribution in [3.8, 4) is 0 Å². The molecule has 0 spiro atoms. The Hall–Kier alpha value is -0.770. The summed E-state index contributed by atoms with van der Waals surface area (Å²) in [5, 5.41) is 2.77. The molecule has 0 saturated carbocycles. The van der Waals surface area contributed by atoms with Crippen molar-refractivity contribution in [1.82, 2.24) is 5.32 Å². The zero-order valence-corrected chi connectivity index (χ0v) is 3.89. The van der Waals surface area contributed by atoms with Crippen LogP contribution >= 0.6 is 0 Å². The Morgan fingerprint density at radius 3 is 2.71 bits per heavy atom. The van der Waals surface area contributed by atoms with E-state index in [2.05, 4.69) is 10.3 Å². The van der Waals surface area contributed by atoms with Crippen molar-refractivity contribution < 1.29 is 0 Å². The van der Waals surface area contributed by atoms with Crippen LogP contribution in [0.1, 0.15) is 0 Å². The van der Waals surface area contributed by atoms with Crippen LogP contribution in [0.4, 0.5) is 0 Å². The van der Waals surface area contributed by atoms with Gasteiger partial charge in [0.15, 0.2) is 5.96 Å². The van der Waals surface area contributed by atoms with Gasteiger partial charge < -0.3 is 16.8 Å². The highest BCUT2D eigenvalue weighted by Crippen LogP contribution is 1.83. The number of guanidine groups is 1. The number of hydrogen-bond acceptors (Lipinski definition) is 4. The second kappa shape index (κ2) is 1.38. The van der Waals surface area contributed by atoms with Gasteiger partial charge in [0, 0.05) is 0 Å². The standard InChI is InChI=1S/C3H8N4/c4-2-1-6-3(5)7-2/h2H,1,4H2,(H3,5,6,7). The van der Waals surface area contributed by atoms with Gasteiger partial charge in [-0.1, -0.05) is 0 Å². The average Bonchev–Trinajstić information content (AvgIpc) is 1.87. The molecule has 0 aromatic carbocycles. The van der Waals surface area contributed by atoms with Crippen molar-refractivity contribution in [2.75, 3.05) is 6.54 Å². The maximum Gasteiger partial charge on any atom is 0.190 e. The summed E-state index contributed by atoms with van der Waals surface area (Å²) in [6.45, 7) is 0.672. The molecule has 0 bridgehead atoms. The van der Waals surface area contributed by atoms with Gasteiger partial charge in [-0.15, -0.1) is 0 Å². The summed E-state index contributed by atoms with van der Waals surface area (Å²) < 4.78 is 0. The molecule has 0 radical (unpaired) electrons. The Morgan fingerprint density at radius 1 is 1.86 bits per heavy atom. The van der Waals surface area contributed by atoms with Gasteiger partial charge >= 0.3 is 0 Å². The minimum atomic E-state index is -0.125. The smallest absolute Gasteiger partial charge is 0.190 e. The van der Waals surface area contributed by atoms with Gasteiger partial charge in [0.1, 0.15) is 6.17 Å². The molecule has 40 valence electrons. The minimum Gasteiger partial charge on any atom is -0.370 e. The van der Waals surface area contributed by atoms with Crippen molar-refractivity contribution in [1.29, 1.82) is 0 Å². The van der Waals surface area contributed by atoms with Crippen LogP contribution in [-0.2, 0) is 0 Å². The van der Waals surface area contributed by atoms with E-state index in [1.54, 1.807) is 0 Å². The quantitative estimate of drug-likeness (QED) is 0.336. The van der Waals surface area contributed by atoms with Crippen molar-refractivity contribution in [3.05, 3.63) is 0 Å². The molecule has 0 aromatic heterocycles. The van der Waals surface area contributed by atoms with Crippen LogP contribution in [0.25, 0.3) is 0 Å². The number of nitrogens with one attached hydrogen (secondary N) is 1. The number of nitrogens with two attached hydrogens (primary N) is 2. The summed E-state index contributed by atoms with van der Waals surface area (Å²) in [6, 6.07) is 0. The highest BCUT2D eigenvalue weighted by Gasteiger charge is 2.06. The molecule has 0 amide bonds. The summed E-state index contributed by atoms with van der Waals surface area (Å²) in [6.07, 6.45) is -0.125. The lowest BCUT2D eigenvalue weighted by Crippen LogP contribution is -2.29. The molecular weight excluding hydrogens is 92.1 g/mol. The first-order valence-corrected chi connectivity index (χ1v) is 2.12. The predicted molar refractivity (Wildman–Crippen MR) is 27.6 cm³/mol. The molecule has 0 aliphatic carbocycles. The first kappa shape index (κ1) is 4.39. The zero-order chi connectivity index (χ0) is 5.28. The normalized spacial score (nSPS) is 29.3. The van der Waals surface area contributed by atoms with Gasteiger partial charge in [0.2, 0.25) is 0 Å². The summed E-state index contributed by atoms with van der Waals surface area (Å²) in [7, 11) is 0. The Morgan fingerprint density at radius 2 is 2.57 bits per heavy atom. The minimum absolute atomic E-state index is 0.125. The Bertz CT molecular complexity index is 97.1. The molecule has 1 aliphatic rings. The van der Waals surface area contributed by atoms with Gasteiger partial charge in [0.25, 0.3) is 0 Å². The number of hydrogen-bond donors (Lipinski definition) is 3. The van der Waals surface area contributed by atoms with E-state index in [1.165, 1.54) is 0 Å². The van der Waals surface area contributed by atoms with Crippen LogP contribution in [-0.4, -0.2) is 18.7 Å². The van der Waals surface area contributed by atoms with Crippen LogP contribution in [0.3, 0.4) is 0 Å². The third-order valence-electron chi connectivity index (χ3n) is 0.797. The Kier molecular flexibility index (Phi) is 0.867.